The first-order chi connectivity index (χ1) is 12.7. The Bertz CT molecular complexity index is 806. The Morgan fingerprint density at radius 3 is 2.41 bits per heavy atom. The Labute approximate surface area is 152 Å². The van der Waals surface area contributed by atoms with Gasteiger partial charge in [-0.1, -0.05) is 18.2 Å². The molecule has 3 N–H and O–H groups in total. The molecule has 0 heterocycles. The quantitative estimate of drug-likeness (QED) is 0.682. The second kappa shape index (κ2) is 7.05. The maximum absolute atomic E-state index is 12.6. The molecule has 27 heavy (non-hydrogen) atoms. The molecule has 3 rings (SSSR count). The number of fused-ring (bicyclic) bond motifs is 2. The van der Waals surface area contributed by atoms with Crippen LogP contribution in [0.1, 0.15) is 16.8 Å². The molecule has 1 fully saturated rings. The van der Waals surface area contributed by atoms with Gasteiger partial charge in [-0.2, -0.15) is 13.2 Å². The maximum atomic E-state index is 12.6. The fourth-order valence-corrected chi connectivity index (χ4v) is 3.76. The first-order valence-electron chi connectivity index (χ1n) is 8.33. The Morgan fingerprint density at radius 2 is 1.78 bits per heavy atom. The molecule has 2 aliphatic carbocycles. The number of carboxylic acids is 1. The number of anilines is 1. The van der Waals surface area contributed by atoms with Gasteiger partial charge in [0.2, 0.25) is 5.91 Å². The van der Waals surface area contributed by atoms with Gasteiger partial charge in [-0.3, -0.25) is 14.4 Å². The molecule has 0 saturated heterocycles. The average molecular weight is 382 g/mol. The zero-order valence-electron chi connectivity index (χ0n) is 14.0. The minimum Gasteiger partial charge on any atom is -0.481 e. The van der Waals surface area contributed by atoms with Crippen LogP contribution < -0.4 is 10.6 Å². The molecule has 0 spiro atoms. The van der Waals surface area contributed by atoms with E-state index < -0.39 is 42.3 Å². The van der Waals surface area contributed by atoms with Crippen LogP contribution in [0, 0.1) is 23.7 Å². The number of carbonyl (C=O) groups excluding carboxylic acids is 2. The van der Waals surface area contributed by atoms with Gasteiger partial charge < -0.3 is 15.7 Å². The zero-order chi connectivity index (χ0) is 19.8. The normalized spacial score (nSPS) is 26.0. The number of nitrogens with one attached hydrogen (secondary N) is 2. The summed E-state index contributed by atoms with van der Waals surface area (Å²) in [5.74, 6) is -4.30. The summed E-state index contributed by atoms with van der Waals surface area (Å²) < 4.78 is 36.6. The number of carbonyl (C=O) groups is 3. The van der Waals surface area contributed by atoms with Crippen LogP contribution in [0.3, 0.4) is 0 Å². The van der Waals surface area contributed by atoms with E-state index in [1.165, 1.54) is 24.3 Å². The predicted octanol–water partition coefficient (Wildman–Crippen LogP) is 2.44. The molecule has 6 nitrogen and oxygen atoms in total. The summed E-state index contributed by atoms with van der Waals surface area (Å²) >= 11 is 0. The highest BCUT2D eigenvalue weighted by Gasteiger charge is 2.51. The smallest absolute Gasteiger partial charge is 0.405 e. The lowest BCUT2D eigenvalue weighted by molar-refractivity contribution is -0.146. The number of rotatable bonds is 5. The van der Waals surface area contributed by atoms with Crippen molar-refractivity contribution in [3.63, 3.8) is 0 Å². The van der Waals surface area contributed by atoms with Crippen molar-refractivity contribution in [2.45, 2.75) is 12.6 Å². The van der Waals surface area contributed by atoms with Gasteiger partial charge in [0.15, 0.2) is 0 Å². The summed E-state index contributed by atoms with van der Waals surface area (Å²) in [5.41, 5.74) is 0.176. The molecule has 2 amide bonds. The summed E-state index contributed by atoms with van der Waals surface area (Å²) in [6.45, 7) is -1.46. The van der Waals surface area contributed by atoms with E-state index in [9.17, 15) is 32.7 Å². The minimum atomic E-state index is -4.53. The number of halogens is 3. The number of amides is 2. The summed E-state index contributed by atoms with van der Waals surface area (Å²) in [7, 11) is 0. The molecule has 144 valence electrons. The highest BCUT2D eigenvalue weighted by molar-refractivity contribution is 5.99. The Hall–Kier alpha value is -2.84. The molecular formula is C18H17F3N2O4. The van der Waals surface area contributed by atoms with E-state index in [1.807, 2.05) is 12.2 Å². The van der Waals surface area contributed by atoms with Crippen molar-refractivity contribution >= 4 is 23.5 Å². The summed E-state index contributed by atoms with van der Waals surface area (Å²) in [6, 6.07) is 5.48. The van der Waals surface area contributed by atoms with Crippen LogP contribution in [0.15, 0.2) is 36.4 Å². The molecule has 0 unspecified atom stereocenters. The van der Waals surface area contributed by atoms with Crippen LogP contribution in [0.2, 0.25) is 0 Å². The highest BCUT2D eigenvalue weighted by atomic mass is 19.4. The number of hydrogen-bond acceptors (Lipinski definition) is 3. The van der Waals surface area contributed by atoms with Gasteiger partial charge in [-0.05, 0) is 36.5 Å². The topological polar surface area (TPSA) is 95.5 Å². The number of alkyl halides is 3. The van der Waals surface area contributed by atoms with E-state index in [0.717, 1.165) is 0 Å². The number of allylic oxidation sites excluding steroid dienone is 2. The van der Waals surface area contributed by atoms with Gasteiger partial charge in [0, 0.05) is 11.3 Å². The molecule has 9 heteroatoms. The standard InChI is InChI=1S/C18H17F3N2O4/c19-18(20,21)8-22-15(24)11-2-1-3-12(7-11)23-16(25)13-9-4-5-10(6-9)14(13)17(26)27/h1-5,7,9-10,13-14H,6,8H2,(H,22,24)(H,23,25)(H,26,27)/t9-,10-,13+,14+/m0/s1. The van der Waals surface area contributed by atoms with Crippen molar-refractivity contribution < 1.29 is 32.7 Å². The molecule has 0 aromatic heterocycles. The monoisotopic (exact) mass is 382 g/mol. The molecule has 0 aliphatic heterocycles. The van der Waals surface area contributed by atoms with Crippen LogP contribution in [0.25, 0.3) is 0 Å². The first kappa shape index (κ1) is 18.9. The Balaban J connectivity index is 1.69. The Kier molecular flexibility index (Phi) is 4.95. The molecule has 2 aliphatic rings. The van der Waals surface area contributed by atoms with Crippen LogP contribution in [-0.4, -0.2) is 35.6 Å². The van der Waals surface area contributed by atoms with Gasteiger partial charge in [-0.25, -0.2) is 0 Å². The van der Waals surface area contributed by atoms with E-state index in [1.54, 1.807) is 5.32 Å². The van der Waals surface area contributed by atoms with Gasteiger partial charge in [-0.15, -0.1) is 0 Å². The van der Waals surface area contributed by atoms with Gasteiger partial charge in [0.25, 0.3) is 5.91 Å². The van der Waals surface area contributed by atoms with Gasteiger partial charge >= 0.3 is 12.1 Å². The van der Waals surface area contributed by atoms with Crippen molar-refractivity contribution in [2.75, 3.05) is 11.9 Å². The van der Waals surface area contributed by atoms with Crippen LogP contribution in [0.5, 0.6) is 0 Å². The first-order valence-corrected chi connectivity index (χ1v) is 8.33. The van der Waals surface area contributed by atoms with Crippen molar-refractivity contribution in [1.29, 1.82) is 0 Å². The fourth-order valence-electron chi connectivity index (χ4n) is 3.76. The molecule has 4 atom stereocenters. The van der Waals surface area contributed by atoms with Crippen molar-refractivity contribution in [3.8, 4) is 0 Å². The third-order valence-electron chi connectivity index (χ3n) is 4.89. The third kappa shape index (κ3) is 4.12. The molecule has 1 saturated carbocycles. The predicted molar refractivity (Wildman–Crippen MR) is 88.8 cm³/mol. The molecule has 2 bridgehead atoms. The Morgan fingerprint density at radius 1 is 1.11 bits per heavy atom. The van der Waals surface area contributed by atoms with E-state index in [4.69, 9.17) is 0 Å². The number of aliphatic carboxylic acids is 1. The van der Waals surface area contributed by atoms with Gasteiger partial charge in [0.1, 0.15) is 6.54 Å². The molecular weight excluding hydrogens is 365 g/mol. The second-order valence-electron chi connectivity index (χ2n) is 6.71. The van der Waals surface area contributed by atoms with E-state index in [-0.39, 0.29) is 23.1 Å². The lowest BCUT2D eigenvalue weighted by Gasteiger charge is -2.24. The summed E-state index contributed by atoms with van der Waals surface area (Å²) in [6.07, 6.45) is -0.258. The SMILES string of the molecule is O=C(NCC(F)(F)F)c1cccc(NC(=O)[C@H]2[C@H](C(=O)O)[C@H]3C=C[C@H]2C3)c1. The number of benzene rings is 1. The van der Waals surface area contributed by atoms with Crippen LogP contribution in [0.4, 0.5) is 18.9 Å². The number of hydrogen-bond donors (Lipinski definition) is 3. The highest BCUT2D eigenvalue weighted by Crippen LogP contribution is 2.48. The largest absolute Gasteiger partial charge is 0.481 e. The van der Waals surface area contributed by atoms with E-state index in [2.05, 4.69) is 5.32 Å². The lowest BCUT2D eigenvalue weighted by atomic mass is 9.82. The second-order valence-corrected chi connectivity index (χ2v) is 6.71. The average Bonchev–Trinajstić information content (AvgIpc) is 3.20. The van der Waals surface area contributed by atoms with Crippen LogP contribution >= 0.6 is 0 Å². The molecule has 0 radical (unpaired) electrons. The summed E-state index contributed by atoms with van der Waals surface area (Å²) in [4.78, 5) is 35.9. The van der Waals surface area contributed by atoms with Gasteiger partial charge in [0.05, 0.1) is 11.8 Å². The third-order valence-corrected chi connectivity index (χ3v) is 4.89. The minimum absolute atomic E-state index is 0.0420. The molecule has 1 aromatic carbocycles. The van der Waals surface area contributed by atoms with Crippen molar-refractivity contribution in [1.82, 2.24) is 5.32 Å². The maximum Gasteiger partial charge on any atom is 0.405 e. The summed E-state index contributed by atoms with van der Waals surface area (Å²) in [5, 5.41) is 13.7. The van der Waals surface area contributed by atoms with Crippen LogP contribution in [-0.2, 0) is 9.59 Å². The molecule has 1 aromatic rings. The number of carboxylic acid groups (broad SMARTS) is 1. The lowest BCUT2D eigenvalue weighted by Crippen LogP contribution is -2.36. The van der Waals surface area contributed by atoms with Crippen molar-refractivity contribution in [3.05, 3.63) is 42.0 Å². The van der Waals surface area contributed by atoms with E-state index >= 15 is 0 Å². The zero-order valence-corrected chi connectivity index (χ0v) is 14.0. The van der Waals surface area contributed by atoms with E-state index in [0.29, 0.717) is 6.42 Å². The van der Waals surface area contributed by atoms with Crippen molar-refractivity contribution in [2.24, 2.45) is 23.7 Å². The fraction of sp³-hybridized carbons (Fsp3) is 0.389.